The van der Waals surface area contributed by atoms with E-state index in [2.05, 4.69) is 32.1 Å². The summed E-state index contributed by atoms with van der Waals surface area (Å²) in [6.07, 6.45) is 7.14. The number of amides is 1. The molecule has 3 heterocycles. The molecule has 102 valence electrons. The molecular weight excluding hydrogens is 242 g/mol. The number of piperazine rings is 1. The van der Waals surface area contributed by atoms with E-state index in [0.717, 1.165) is 13.1 Å². The maximum Gasteiger partial charge on any atom is 0.239 e. The predicted octanol–water partition coefficient (Wildman–Crippen LogP) is 0.194. The zero-order valence-corrected chi connectivity index (χ0v) is 11.1. The monoisotopic (exact) mass is 261 g/mol. The first-order chi connectivity index (χ1) is 9.22. The maximum atomic E-state index is 12.0. The smallest absolute Gasteiger partial charge is 0.239 e. The van der Waals surface area contributed by atoms with Gasteiger partial charge in [-0.1, -0.05) is 0 Å². The summed E-state index contributed by atoms with van der Waals surface area (Å²) < 4.78 is 0. The van der Waals surface area contributed by atoms with Gasteiger partial charge in [0.25, 0.3) is 0 Å². The quantitative estimate of drug-likeness (QED) is 0.842. The van der Waals surface area contributed by atoms with Crippen LogP contribution in [-0.2, 0) is 4.79 Å². The fraction of sp³-hybridized carbons (Fsp3) is 0.615. The summed E-state index contributed by atoms with van der Waals surface area (Å²) in [5.41, 5.74) is 0. The Kier molecular flexibility index (Phi) is 3.44. The van der Waals surface area contributed by atoms with E-state index in [0.29, 0.717) is 24.4 Å². The Bertz CT molecular complexity index is 438. The SMILES string of the molecule is CN1CC2CCC(C1)N2CC(=O)Nc1cnccn1. The van der Waals surface area contributed by atoms with Gasteiger partial charge < -0.3 is 10.2 Å². The molecule has 2 unspecified atom stereocenters. The third-order valence-electron chi connectivity index (χ3n) is 3.97. The predicted molar refractivity (Wildman–Crippen MR) is 71.7 cm³/mol. The number of aromatic nitrogens is 2. The van der Waals surface area contributed by atoms with Gasteiger partial charge in [0.1, 0.15) is 0 Å². The summed E-state index contributed by atoms with van der Waals surface area (Å²) in [6, 6.07) is 1.05. The molecule has 2 fully saturated rings. The zero-order valence-electron chi connectivity index (χ0n) is 11.1. The van der Waals surface area contributed by atoms with Crippen LogP contribution in [0.4, 0.5) is 5.82 Å². The van der Waals surface area contributed by atoms with Crippen LogP contribution >= 0.6 is 0 Å². The molecule has 0 aliphatic carbocycles. The lowest BCUT2D eigenvalue weighted by Crippen LogP contribution is -2.54. The molecule has 2 aliphatic heterocycles. The Labute approximate surface area is 112 Å². The Morgan fingerprint density at radius 3 is 2.74 bits per heavy atom. The van der Waals surface area contributed by atoms with Crippen LogP contribution in [0.3, 0.4) is 0 Å². The van der Waals surface area contributed by atoms with Gasteiger partial charge in [0.05, 0.1) is 12.7 Å². The van der Waals surface area contributed by atoms with E-state index in [1.54, 1.807) is 18.6 Å². The number of carbonyl (C=O) groups excluding carboxylic acids is 1. The lowest BCUT2D eigenvalue weighted by atomic mass is 10.2. The molecule has 2 saturated heterocycles. The van der Waals surface area contributed by atoms with Gasteiger partial charge in [-0.15, -0.1) is 0 Å². The summed E-state index contributed by atoms with van der Waals surface area (Å²) in [7, 11) is 2.16. The first-order valence-electron chi connectivity index (χ1n) is 6.72. The topological polar surface area (TPSA) is 61.4 Å². The highest BCUT2D eigenvalue weighted by molar-refractivity contribution is 5.91. The Hall–Kier alpha value is -1.53. The molecule has 0 radical (unpaired) electrons. The van der Waals surface area contributed by atoms with Crippen LogP contribution in [0.2, 0.25) is 0 Å². The number of fused-ring (bicyclic) bond motifs is 2. The molecule has 6 heteroatoms. The van der Waals surface area contributed by atoms with Crippen molar-refractivity contribution in [2.75, 3.05) is 32.0 Å². The second-order valence-corrected chi connectivity index (χ2v) is 5.42. The number of nitrogens with one attached hydrogen (secondary N) is 1. The minimum Gasteiger partial charge on any atom is -0.308 e. The van der Waals surface area contributed by atoms with Crippen molar-refractivity contribution in [1.29, 1.82) is 0 Å². The molecule has 2 aliphatic rings. The largest absolute Gasteiger partial charge is 0.308 e. The fourth-order valence-corrected chi connectivity index (χ4v) is 3.17. The maximum absolute atomic E-state index is 12.0. The van der Waals surface area contributed by atoms with Gasteiger partial charge >= 0.3 is 0 Å². The number of anilines is 1. The van der Waals surface area contributed by atoms with E-state index < -0.39 is 0 Å². The van der Waals surface area contributed by atoms with Gasteiger partial charge in [0.2, 0.25) is 5.91 Å². The molecule has 1 aromatic rings. The van der Waals surface area contributed by atoms with E-state index in [9.17, 15) is 4.79 Å². The van der Waals surface area contributed by atoms with Crippen LogP contribution in [-0.4, -0.2) is 64.4 Å². The minimum absolute atomic E-state index is 0.00181. The number of nitrogens with zero attached hydrogens (tertiary/aromatic N) is 4. The van der Waals surface area contributed by atoms with Crippen LogP contribution in [0, 0.1) is 0 Å². The zero-order chi connectivity index (χ0) is 13.2. The van der Waals surface area contributed by atoms with Crippen molar-refractivity contribution in [1.82, 2.24) is 19.8 Å². The van der Waals surface area contributed by atoms with Crippen molar-refractivity contribution >= 4 is 11.7 Å². The highest BCUT2D eigenvalue weighted by Crippen LogP contribution is 2.28. The lowest BCUT2D eigenvalue weighted by molar-refractivity contribution is -0.118. The highest BCUT2D eigenvalue weighted by Gasteiger charge is 2.39. The molecule has 0 aromatic carbocycles. The van der Waals surface area contributed by atoms with Gasteiger partial charge in [-0.2, -0.15) is 0 Å². The number of hydrogen-bond donors (Lipinski definition) is 1. The molecule has 1 N–H and O–H groups in total. The third-order valence-corrected chi connectivity index (χ3v) is 3.97. The molecule has 6 nitrogen and oxygen atoms in total. The van der Waals surface area contributed by atoms with Crippen molar-refractivity contribution in [3.8, 4) is 0 Å². The summed E-state index contributed by atoms with van der Waals surface area (Å²) in [5, 5.41) is 2.80. The first kappa shape index (κ1) is 12.5. The third kappa shape index (κ3) is 2.74. The van der Waals surface area contributed by atoms with Crippen molar-refractivity contribution in [3.05, 3.63) is 18.6 Å². The average Bonchev–Trinajstić information content (AvgIpc) is 2.63. The molecule has 0 spiro atoms. The summed E-state index contributed by atoms with van der Waals surface area (Å²) in [6.45, 7) is 2.59. The number of rotatable bonds is 3. The summed E-state index contributed by atoms with van der Waals surface area (Å²) in [5.74, 6) is 0.524. The van der Waals surface area contributed by atoms with Crippen LogP contribution in [0.15, 0.2) is 18.6 Å². The van der Waals surface area contributed by atoms with Crippen molar-refractivity contribution < 1.29 is 4.79 Å². The van der Waals surface area contributed by atoms with E-state index in [1.807, 2.05) is 0 Å². The number of hydrogen-bond acceptors (Lipinski definition) is 5. The molecular formula is C13H19N5O. The lowest BCUT2D eigenvalue weighted by Gasteiger charge is -2.38. The minimum atomic E-state index is 0.00181. The van der Waals surface area contributed by atoms with Gasteiger partial charge in [0, 0.05) is 37.6 Å². The molecule has 0 saturated carbocycles. The number of likely N-dealkylation sites (N-methyl/N-ethyl adjacent to an activating group) is 1. The number of likely N-dealkylation sites (tertiary alicyclic amines) is 1. The van der Waals surface area contributed by atoms with E-state index in [4.69, 9.17) is 0 Å². The van der Waals surface area contributed by atoms with E-state index in [1.165, 1.54) is 12.8 Å². The molecule has 2 atom stereocenters. The molecule has 3 rings (SSSR count). The van der Waals surface area contributed by atoms with E-state index >= 15 is 0 Å². The Morgan fingerprint density at radius 1 is 1.37 bits per heavy atom. The molecule has 1 amide bonds. The first-order valence-corrected chi connectivity index (χ1v) is 6.72. The van der Waals surface area contributed by atoms with E-state index in [-0.39, 0.29) is 5.91 Å². The average molecular weight is 261 g/mol. The second kappa shape index (κ2) is 5.22. The fourth-order valence-electron chi connectivity index (χ4n) is 3.17. The van der Waals surface area contributed by atoms with Gasteiger partial charge in [0.15, 0.2) is 5.82 Å². The van der Waals surface area contributed by atoms with Gasteiger partial charge in [-0.3, -0.25) is 14.7 Å². The summed E-state index contributed by atoms with van der Waals surface area (Å²) in [4.78, 5) is 24.7. The Morgan fingerprint density at radius 2 is 2.11 bits per heavy atom. The van der Waals surface area contributed by atoms with Crippen LogP contribution in [0.25, 0.3) is 0 Å². The van der Waals surface area contributed by atoms with Crippen molar-refractivity contribution in [3.63, 3.8) is 0 Å². The Balaban J connectivity index is 1.58. The van der Waals surface area contributed by atoms with Gasteiger partial charge in [-0.05, 0) is 19.9 Å². The summed E-state index contributed by atoms with van der Waals surface area (Å²) >= 11 is 0. The molecule has 19 heavy (non-hydrogen) atoms. The van der Waals surface area contributed by atoms with Crippen molar-refractivity contribution in [2.45, 2.75) is 24.9 Å². The normalized spacial score (nSPS) is 27.4. The van der Waals surface area contributed by atoms with Crippen molar-refractivity contribution in [2.24, 2.45) is 0 Å². The van der Waals surface area contributed by atoms with Crippen LogP contribution in [0.1, 0.15) is 12.8 Å². The van der Waals surface area contributed by atoms with Crippen LogP contribution in [0.5, 0.6) is 0 Å². The molecule has 2 bridgehead atoms. The molecule has 1 aromatic heterocycles. The standard InChI is InChI=1S/C13H19N5O/c1-17-7-10-2-3-11(8-17)18(10)9-13(19)16-12-6-14-4-5-15-12/h4-6,10-11H,2-3,7-9H2,1H3,(H,15,16,19). The number of carbonyl (C=O) groups is 1. The van der Waals surface area contributed by atoms with Gasteiger partial charge in [-0.25, -0.2) is 4.98 Å². The second-order valence-electron chi connectivity index (χ2n) is 5.42. The highest BCUT2D eigenvalue weighted by atomic mass is 16.2. The van der Waals surface area contributed by atoms with Crippen LogP contribution < -0.4 is 5.32 Å².